The Morgan fingerprint density at radius 3 is 2.87 bits per heavy atom. The molecule has 1 amide bonds. The molecular formula is C16H22Cl2N4O. The molecule has 7 heteroatoms. The van der Waals surface area contributed by atoms with Crippen molar-refractivity contribution in [1.29, 1.82) is 0 Å². The van der Waals surface area contributed by atoms with Crippen molar-refractivity contribution >= 4 is 29.9 Å². The summed E-state index contributed by atoms with van der Waals surface area (Å²) in [7, 11) is 0. The molecule has 1 unspecified atom stereocenters. The normalized spacial score (nSPS) is 11.6. The van der Waals surface area contributed by atoms with Crippen LogP contribution in [0.25, 0.3) is 5.69 Å². The molecule has 3 N–H and O–H groups in total. The quantitative estimate of drug-likeness (QED) is 0.799. The van der Waals surface area contributed by atoms with Crippen LogP contribution in [0.1, 0.15) is 36.7 Å². The van der Waals surface area contributed by atoms with Crippen molar-refractivity contribution in [2.75, 3.05) is 6.54 Å². The largest absolute Gasteiger partial charge is 0.347 e. The van der Waals surface area contributed by atoms with Crippen molar-refractivity contribution in [1.82, 2.24) is 15.1 Å². The van der Waals surface area contributed by atoms with Gasteiger partial charge in [0.1, 0.15) is 0 Å². The van der Waals surface area contributed by atoms with Crippen LogP contribution in [0.5, 0.6) is 0 Å². The Kier molecular flexibility index (Phi) is 8.09. The van der Waals surface area contributed by atoms with Gasteiger partial charge in [-0.25, -0.2) is 4.68 Å². The molecule has 2 rings (SSSR count). The van der Waals surface area contributed by atoms with E-state index >= 15 is 0 Å². The molecule has 0 spiro atoms. The van der Waals surface area contributed by atoms with Gasteiger partial charge in [-0.1, -0.05) is 37.4 Å². The maximum Gasteiger partial charge on any atom is 0.272 e. The lowest BCUT2D eigenvalue weighted by Gasteiger charge is -2.15. The zero-order chi connectivity index (χ0) is 15.9. The number of nitrogens with two attached hydrogens (primary N) is 1. The van der Waals surface area contributed by atoms with Gasteiger partial charge in [-0.15, -0.1) is 12.4 Å². The molecule has 126 valence electrons. The van der Waals surface area contributed by atoms with E-state index in [0.29, 0.717) is 17.3 Å². The zero-order valence-electron chi connectivity index (χ0n) is 13.0. The second-order valence-corrected chi connectivity index (χ2v) is 5.61. The molecule has 0 saturated carbocycles. The molecule has 1 aromatic heterocycles. The summed E-state index contributed by atoms with van der Waals surface area (Å²) in [5.74, 6) is -0.202. The number of hydrogen-bond acceptors (Lipinski definition) is 3. The van der Waals surface area contributed by atoms with Gasteiger partial charge in [-0.05, 0) is 30.7 Å². The second kappa shape index (κ2) is 9.55. The zero-order valence-corrected chi connectivity index (χ0v) is 14.6. The number of unbranched alkanes of at least 4 members (excludes halogenated alkanes) is 1. The Labute approximate surface area is 147 Å². The highest BCUT2D eigenvalue weighted by molar-refractivity contribution is 6.30. The minimum absolute atomic E-state index is 0. The highest BCUT2D eigenvalue weighted by Gasteiger charge is 2.14. The molecular weight excluding hydrogens is 335 g/mol. The lowest BCUT2D eigenvalue weighted by molar-refractivity contribution is 0.0930. The van der Waals surface area contributed by atoms with Gasteiger partial charge < -0.3 is 11.1 Å². The van der Waals surface area contributed by atoms with Crippen molar-refractivity contribution in [3.8, 4) is 5.69 Å². The van der Waals surface area contributed by atoms with E-state index in [9.17, 15) is 4.79 Å². The van der Waals surface area contributed by atoms with Crippen LogP contribution in [0.3, 0.4) is 0 Å². The van der Waals surface area contributed by atoms with E-state index in [-0.39, 0.29) is 24.4 Å². The molecule has 5 nitrogen and oxygen atoms in total. The number of amides is 1. The van der Waals surface area contributed by atoms with Crippen LogP contribution in [-0.4, -0.2) is 28.3 Å². The number of carbonyl (C=O) groups excluding carboxylic acids is 1. The summed E-state index contributed by atoms with van der Waals surface area (Å²) in [6, 6.07) is 8.98. The predicted molar refractivity (Wildman–Crippen MR) is 95.7 cm³/mol. The summed E-state index contributed by atoms with van der Waals surface area (Å²) in [4.78, 5) is 12.2. The lowest BCUT2D eigenvalue weighted by atomic mass is 10.1. The highest BCUT2D eigenvalue weighted by Crippen LogP contribution is 2.14. The molecule has 0 radical (unpaired) electrons. The number of benzene rings is 1. The van der Waals surface area contributed by atoms with Gasteiger partial charge in [-0.2, -0.15) is 5.10 Å². The summed E-state index contributed by atoms with van der Waals surface area (Å²) < 4.78 is 1.63. The maximum absolute atomic E-state index is 12.2. The number of nitrogens with one attached hydrogen (secondary N) is 1. The molecule has 0 aliphatic heterocycles. The fraction of sp³-hybridized carbons (Fsp3) is 0.375. The Hall–Kier alpha value is -1.56. The third-order valence-electron chi connectivity index (χ3n) is 3.42. The first-order valence-corrected chi connectivity index (χ1v) is 7.84. The first-order valence-electron chi connectivity index (χ1n) is 7.46. The number of carbonyl (C=O) groups is 1. The van der Waals surface area contributed by atoms with E-state index in [1.807, 2.05) is 12.1 Å². The van der Waals surface area contributed by atoms with Gasteiger partial charge >= 0.3 is 0 Å². The molecule has 0 aliphatic rings. The second-order valence-electron chi connectivity index (χ2n) is 5.17. The van der Waals surface area contributed by atoms with Gasteiger partial charge in [0, 0.05) is 23.8 Å². The average Bonchev–Trinajstić information content (AvgIpc) is 3.01. The topological polar surface area (TPSA) is 72.9 Å². The number of nitrogens with zero attached hydrogens (tertiary/aromatic N) is 2. The standard InChI is InChI=1S/C16H21ClN4O.ClH/c1-2-3-6-13(11-18)19-16(22)15-8-9-21(20-15)14-7-4-5-12(17)10-14;/h4-5,7-10,13H,2-3,6,11,18H2,1H3,(H,19,22);1H. The molecule has 0 fully saturated rings. The summed E-state index contributed by atoms with van der Waals surface area (Å²) >= 11 is 5.97. The van der Waals surface area contributed by atoms with E-state index in [2.05, 4.69) is 17.3 Å². The lowest BCUT2D eigenvalue weighted by Crippen LogP contribution is -2.40. The van der Waals surface area contributed by atoms with Crippen LogP contribution in [0, 0.1) is 0 Å². The van der Waals surface area contributed by atoms with Crippen LogP contribution in [0.2, 0.25) is 5.02 Å². The number of hydrogen-bond donors (Lipinski definition) is 2. The first kappa shape index (κ1) is 19.5. The predicted octanol–water partition coefficient (Wildman–Crippen LogP) is 3.19. The van der Waals surface area contributed by atoms with Crippen molar-refractivity contribution in [2.45, 2.75) is 32.2 Å². The minimum Gasteiger partial charge on any atom is -0.347 e. The Morgan fingerprint density at radius 1 is 1.43 bits per heavy atom. The Morgan fingerprint density at radius 2 is 2.22 bits per heavy atom. The minimum atomic E-state index is -0.202. The third kappa shape index (κ3) is 5.53. The first-order chi connectivity index (χ1) is 10.6. The van der Waals surface area contributed by atoms with Crippen LogP contribution in [0.4, 0.5) is 0 Å². The summed E-state index contributed by atoms with van der Waals surface area (Å²) in [5, 5.41) is 7.85. The number of halogens is 2. The third-order valence-corrected chi connectivity index (χ3v) is 3.66. The monoisotopic (exact) mass is 356 g/mol. The molecule has 1 aromatic carbocycles. The molecule has 1 heterocycles. The number of aromatic nitrogens is 2. The van der Waals surface area contributed by atoms with Crippen molar-refractivity contribution in [2.24, 2.45) is 5.73 Å². The number of rotatable bonds is 7. The van der Waals surface area contributed by atoms with Gasteiger partial charge in [0.2, 0.25) is 0 Å². The summed E-state index contributed by atoms with van der Waals surface area (Å²) in [6.07, 6.45) is 4.74. The summed E-state index contributed by atoms with van der Waals surface area (Å²) in [5.41, 5.74) is 6.88. The van der Waals surface area contributed by atoms with E-state index in [1.165, 1.54) is 0 Å². The fourth-order valence-electron chi connectivity index (χ4n) is 2.17. The van der Waals surface area contributed by atoms with Crippen LogP contribution >= 0.6 is 24.0 Å². The van der Waals surface area contributed by atoms with E-state index in [0.717, 1.165) is 24.9 Å². The van der Waals surface area contributed by atoms with Crippen LogP contribution < -0.4 is 11.1 Å². The molecule has 0 bridgehead atoms. The Balaban J connectivity index is 0.00000264. The van der Waals surface area contributed by atoms with Crippen LogP contribution in [0.15, 0.2) is 36.5 Å². The van der Waals surface area contributed by atoms with Gasteiger partial charge in [-0.3, -0.25) is 4.79 Å². The van der Waals surface area contributed by atoms with E-state index in [1.54, 1.807) is 29.1 Å². The van der Waals surface area contributed by atoms with Crippen molar-refractivity contribution in [3.63, 3.8) is 0 Å². The SMILES string of the molecule is CCCCC(CN)NC(=O)c1ccn(-c2cccc(Cl)c2)n1.Cl. The van der Waals surface area contributed by atoms with Crippen molar-refractivity contribution < 1.29 is 4.79 Å². The van der Waals surface area contributed by atoms with Gasteiger partial charge in [0.05, 0.1) is 5.69 Å². The molecule has 2 aromatic rings. The van der Waals surface area contributed by atoms with E-state index in [4.69, 9.17) is 17.3 Å². The Bertz CT molecular complexity index is 630. The van der Waals surface area contributed by atoms with Crippen molar-refractivity contribution in [3.05, 3.63) is 47.2 Å². The summed E-state index contributed by atoms with van der Waals surface area (Å²) in [6.45, 7) is 2.54. The smallest absolute Gasteiger partial charge is 0.272 e. The average molecular weight is 357 g/mol. The molecule has 23 heavy (non-hydrogen) atoms. The molecule has 0 aliphatic carbocycles. The fourth-order valence-corrected chi connectivity index (χ4v) is 2.35. The van der Waals surface area contributed by atoms with E-state index < -0.39 is 0 Å². The molecule has 1 atom stereocenters. The van der Waals surface area contributed by atoms with Crippen LogP contribution in [-0.2, 0) is 0 Å². The van der Waals surface area contributed by atoms with Gasteiger partial charge in [0.25, 0.3) is 5.91 Å². The van der Waals surface area contributed by atoms with Gasteiger partial charge in [0.15, 0.2) is 5.69 Å². The maximum atomic E-state index is 12.2. The molecule has 0 saturated heterocycles. The highest BCUT2D eigenvalue weighted by atomic mass is 35.5.